The standard InChI is InChI=1S/C16H17FN4O2/c1-20(16(22)23)8-12-3-2-11-9-21(10-14(11)15(12)17)19-13-4-6-18-7-5-13/h2-7H,8-10H2,1H3,(H,18,19)(H,22,23). The van der Waals surface area contributed by atoms with E-state index in [-0.39, 0.29) is 12.4 Å². The number of hydrazine groups is 1. The maximum atomic E-state index is 14.6. The van der Waals surface area contributed by atoms with Gasteiger partial charge in [0.05, 0.1) is 12.2 Å². The van der Waals surface area contributed by atoms with Crippen molar-refractivity contribution in [3.05, 3.63) is 59.2 Å². The molecule has 3 rings (SSSR count). The molecule has 0 fully saturated rings. The first-order chi connectivity index (χ1) is 11.0. The lowest BCUT2D eigenvalue weighted by molar-refractivity contribution is 0.153. The van der Waals surface area contributed by atoms with E-state index in [1.807, 2.05) is 23.2 Å². The Kier molecular flexibility index (Phi) is 4.12. The van der Waals surface area contributed by atoms with Crippen LogP contribution in [0.25, 0.3) is 0 Å². The highest BCUT2D eigenvalue weighted by atomic mass is 19.1. The van der Waals surface area contributed by atoms with Crippen molar-refractivity contribution in [3.63, 3.8) is 0 Å². The summed E-state index contributed by atoms with van der Waals surface area (Å²) in [5.41, 5.74) is 6.01. The van der Waals surface area contributed by atoms with Gasteiger partial charge in [0, 0.05) is 43.7 Å². The second-order valence-electron chi connectivity index (χ2n) is 5.52. The van der Waals surface area contributed by atoms with Crippen molar-refractivity contribution in [2.75, 3.05) is 12.5 Å². The maximum Gasteiger partial charge on any atom is 0.407 e. The number of nitrogens with one attached hydrogen (secondary N) is 1. The summed E-state index contributed by atoms with van der Waals surface area (Å²) in [5.74, 6) is -0.324. The van der Waals surface area contributed by atoms with E-state index < -0.39 is 6.09 Å². The molecule has 120 valence electrons. The van der Waals surface area contributed by atoms with Gasteiger partial charge >= 0.3 is 6.09 Å². The molecule has 2 aromatic rings. The van der Waals surface area contributed by atoms with Gasteiger partial charge < -0.3 is 15.4 Å². The Morgan fingerprint density at radius 3 is 2.78 bits per heavy atom. The molecule has 0 radical (unpaired) electrons. The van der Waals surface area contributed by atoms with Crippen LogP contribution < -0.4 is 5.43 Å². The van der Waals surface area contributed by atoms with Crippen LogP contribution in [0, 0.1) is 5.82 Å². The van der Waals surface area contributed by atoms with Gasteiger partial charge in [-0.25, -0.2) is 14.2 Å². The number of pyridine rings is 1. The summed E-state index contributed by atoms with van der Waals surface area (Å²) in [4.78, 5) is 15.9. The molecule has 0 spiro atoms. The Balaban J connectivity index is 1.75. The second kappa shape index (κ2) is 6.21. The lowest BCUT2D eigenvalue weighted by Crippen LogP contribution is -2.25. The highest BCUT2D eigenvalue weighted by molar-refractivity contribution is 5.64. The average Bonchev–Trinajstić information content (AvgIpc) is 2.94. The lowest BCUT2D eigenvalue weighted by atomic mass is 10.1. The zero-order chi connectivity index (χ0) is 16.4. The van der Waals surface area contributed by atoms with Gasteiger partial charge in [-0.05, 0) is 17.7 Å². The number of halogens is 1. The van der Waals surface area contributed by atoms with Crippen LogP contribution in [0.2, 0.25) is 0 Å². The van der Waals surface area contributed by atoms with Crippen molar-refractivity contribution < 1.29 is 14.3 Å². The van der Waals surface area contributed by atoms with Crippen LogP contribution in [0.5, 0.6) is 0 Å². The number of fused-ring (bicyclic) bond motifs is 1. The van der Waals surface area contributed by atoms with E-state index in [0.29, 0.717) is 24.2 Å². The van der Waals surface area contributed by atoms with Crippen LogP contribution in [-0.2, 0) is 19.6 Å². The summed E-state index contributed by atoms with van der Waals surface area (Å²) < 4.78 is 14.6. The highest BCUT2D eigenvalue weighted by Crippen LogP contribution is 2.28. The van der Waals surface area contributed by atoms with Crippen molar-refractivity contribution in [2.24, 2.45) is 0 Å². The minimum absolute atomic E-state index is 0.0340. The Labute approximate surface area is 133 Å². The molecule has 2 heterocycles. The molecule has 1 aliphatic heterocycles. The van der Waals surface area contributed by atoms with Gasteiger partial charge in [-0.2, -0.15) is 0 Å². The van der Waals surface area contributed by atoms with E-state index >= 15 is 0 Å². The van der Waals surface area contributed by atoms with Crippen LogP contribution in [0.1, 0.15) is 16.7 Å². The number of hydrogen-bond donors (Lipinski definition) is 2. The quantitative estimate of drug-likeness (QED) is 0.907. The molecule has 23 heavy (non-hydrogen) atoms. The summed E-state index contributed by atoms with van der Waals surface area (Å²) in [6.07, 6.45) is 2.30. The predicted molar refractivity (Wildman–Crippen MR) is 83.0 cm³/mol. The van der Waals surface area contributed by atoms with Gasteiger partial charge in [-0.1, -0.05) is 12.1 Å². The van der Waals surface area contributed by atoms with E-state index in [1.165, 1.54) is 7.05 Å². The van der Waals surface area contributed by atoms with Crippen molar-refractivity contribution in [2.45, 2.75) is 19.6 Å². The fraction of sp³-hybridized carbons (Fsp3) is 0.250. The monoisotopic (exact) mass is 316 g/mol. The summed E-state index contributed by atoms with van der Waals surface area (Å²) in [7, 11) is 1.42. The summed E-state index contributed by atoms with van der Waals surface area (Å²) >= 11 is 0. The van der Waals surface area contributed by atoms with Crippen LogP contribution in [0.15, 0.2) is 36.7 Å². The normalized spacial score (nSPS) is 13.7. The largest absolute Gasteiger partial charge is 0.465 e. The van der Waals surface area contributed by atoms with Crippen LogP contribution >= 0.6 is 0 Å². The summed E-state index contributed by atoms with van der Waals surface area (Å²) in [6.45, 7) is 1.05. The average molecular weight is 316 g/mol. The fourth-order valence-corrected chi connectivity index (χ4v) is 2.61. The molecular formula is C16H17FN4O2. The van der Waals surface area contributed by atoms with Gasteiger partial charge in [-0.15, -0.1) is 0 Å². The van der Waals surface area contributed by atoms with Crippen molar-refractivity contribution in [1.29, 1.82) is 0 Å². The Bertz CT molecular complexity index is 724. The van der Waals surface area contributed by atoms with Gasteiger partial charge in [0.2, 0.25) is 0 Å². The lowest BCUT2D eigenvalue weighted by Gasteiger charge is -2.17. The molecule has 0 unspecified atom stereocenters. The third kappa shape index (κ3) is 3.24. The van der Waals surface area contributed by atoms with E-state index in [0.717, 1.165) is 16.2 Å². The van der Waals surface area contributed by atoms with Crippen LogP contribution in [0.4, 0.5) is 14.9 Å². The van der Waals surface area contributed by atoms with Crippen molar-refractivity contribution >= 4 is 11.8 Å². The van der Waals surface area contributed by atoms with E-state index in [2.05, 4.69) is 10.4 Å². The Morgan fingerprint density at radius 2 is 2.09 bits per heavy atom. The molecule has 0 bridgehead atoms. The molecule has 1 aliphatic rings. The maximum absolute atomic E-state index is 14.6. The van der Waals surface area contributed by atoms with Gasteiger partial charge in [0.25, 0.3) is 0 Å². The number of benzene rings is 1. The molecule has 0 atom stereocenters. The van der Waals surface area contributed by atoms with E-state index in [1.54, 1.807) is 18.5 Å². The van der Waals surface area contributed by atoms with Crippen molar-refractivity contribution in [1.82, 2.24) is 14.9 Å². The van der Waals surface area contributed by atoms with Crippen LogP contribution in [-0.4, -0.2) is 33.1 Å². The molecule has 0 saturated carbocycles. The molecule has 1 aromatic carbocycles. The first-order valence-electron chi connectivity index (χ1n) is 7.19. The Hall–Kier alpha value is -2.67. The molecule has 1 amide bonds. The molecular weight excluding hydrogens is 299 g/mol. The summed E-state index contributed by atoms with van der Waals surface area (Å²) in [5, 5.41) is 10.8. The number of nitrogens with zero attached hydrogens (tertiary/aromatic N) is 3. The van der Waals surface area contributed by atoms with E-state index in [9.17, 15) is 9.18 Å². The molecule has 1 aromatic heterocycles. The molecule has 0 aliphatic carbocycles. The number of aromatic nitrogens is 1. The molecule has 2 N–H and O–H groups in total. The number of hydrogen-bond acceptors (Lipinski definition) is 4. The minimum atomic E-state index is -1.08. The van der Waals surface area contributed by atoms with Gasteiger partial charge in [-0.3, -0.25) is 4.98 Å². The van der Waals surface area contributed by atoms with Crippen LogP contribution in [0.3, 0.4) is 0 Å². The number of carbonyl (C=O) groups is 1. The number of anilines is 1. The third-order valence-electron chi connectivity index (χ3n) is 3.83. The smallest absolute Gasteiger partial charge is 0.407 e. The highest BCUT2D eigenvalue weighted by Gasteiger charge is 2.24. The number of carboxylic acid groups (broad SMARTS) is 1. The summed E-state index contributed by atoms with van der Waals surface area (Å²) in [6, 6.07) is 7.19. The molecule has 0 saturated heterocycles. The first kappa shape index (κ1) is 15.2. The predicted octanol–water partition coefficient (Wildman–Crippen LogP) is 2.67. The van der Waals surface area contributed by atoms with E-state index in [4.69, 9.17) is 5.11 Å². The zero-order valence-electron chi connectivity index (χ0n) is 12.7. The number of rotatable bonds is 4. The zero-order valence-corrected chi connectivity index (χ0v) is 12.7. The van der Waals surface area contributed by atoms with Gasteiger partial charge in [0.15, 0.2) is 0 Å². The van der Waals surface area contributed by atoms with Crippen molar-refractivity contribution in [3.8, 4) is 0 Å². The Morgan fingerprint density at radius 1 is 1.35 bits per heavy atom. The topological polar surface area (TPSA) is 68.7 Å². The second-order valence-corrected chi connectivity index (χ2v) is 5.52. The minimum Gasteiger partial charge on any atom is -0.465 e. The fourth-order valence-electron chi connectivity index (χ4n) is 2.61. The SMILES string of the molecule is CN(Cc1ccc2c(c1F)CN(Nc1ccncc1)C2)C(=O)O. The molecule has 7 heteroatoms. The first-order valence-corrected chi connectivity index (χ1v) is 7.19. The molecule has 6 nitrogen and oxygen atoms in total. The number of amides is 1. The van der Waals surface area contributed by atoms with Gasteiger partial charge in [0.1, 0.15) is 5.82 Å². The third-order valence-corrected chi connectivity index (χ3v) is 3.83.